The number of rotatable bonds is 3. The van der Waals surface area contributed by atoms with Crippen molar-refractivity contribution in [2.45, 2.75) is 58.6 Å². The molecule has 0 aromatic carbocycles. The van der Waals surface area contributed by atoms with Crippen LogP contribution in [0.2, 0.25) is 0 Å². The quantitative estimate of drug-likeness (QED) is 0.654. The van der Waals surface area contributed by atoms with Gasteiger partial charge in [-0.1, -0.05) is 19.8 Å². The molecule has 0 radical (unpaired) electrons. The first kappa shape index (κ1) is 11.3. The Kier molecular flexibility index (Phi) is 3.40. The summed E-state index contributed by atoms with van der Waals surface area (Å²) >= 11 is 0. The summed E-state index contributed by atoms with van der Waals surface area (Å²) in [5.41, 5.74) is -0.366. The number of amides is 1. The first-order chi connectivity index (χ1) is 6.44. The number of nitrogens with zero attached hydrogens (tertiary/aromatic N) is 1. The third kappa shape index (κ3) is 3.56. The molecule has 1 atom stereocenters. The molecule has 0 aromatic heterocycles. The fraction of sp³-hybridized carbons (Fsp3) is 0.909. The van der Waals surface area contributed by atoms with E-state index in [1.54, 1.807) is 4.90 Å². The van der Waals surface area contributed by atoms with Gasteiger partial charge in [-0.25, -0.2) is 4.79 Å². The molecule has 1 heterocycles. The van der Waals surface area contributed by atoms with Crippen LogP contribution in [0.1, 0.15) is 47.0 Å². The number of hydrogen-bond donors (Lipinski definition) is 0. The number of hydrogen-bond acceptors (Lipinski definition) is 2. The molecular formula is C11H21NO2. The Balaban J connectivity index is 2.22. The molecule has 14 heavy (non-hydrogen) atoms. The van der Waals surface area contributed by atoms with Crippen molar-refractivity contribution < 1.29 is 9.53 Å². The highest BCUT2D eigenvalue weighted by Crippen LogP contribution is 2.25. The maximum Gasteiger partial charge on any atom is 0.410 e. The molecule has 1 aliphatic heterocycles. The number of carbonyl (C=O) groups excluding carboxylic acids is 1. The zero-order valence-electron chi connectivity index (χ0n) is 9.67. The van der Waals surface area contributed by atoms with Gasteiger partial charge in [-0.2, -0.15) is 0 Å². The van der Waals surface area contributed by atoms with Crippen LogP contribution in [0.15, 0.2) is 0 Å². The first-order valence-electron chi connectivity index (χ1n) is 5.43. The Hall–Kier alpha value is -0.730. The maximum absolute atomic E-state index is 11.5. The predicted molar refractivity (Wildman–Crippen MR) is 56.3 cm³/mol. The smallest absolute Gasteiger partial charge is 0.410 e. The van der Waals surface area contributed by atoms with E-state index in [0.717, 1.165) is 13.0 Å². The average molecular weight is 199 g/mol. The SMILES string of the molecule is CCCCC1CN1C(=O)OC(C)(C)C. The molecule has 1 saturated heterocycles. The molecule has 1 fully saturated rings. The van der Waals surface area contributed by atoms with E-state index in [-0.39, 0.29) is 11.7 Å². The highest BCUT2D eigenvalue weighted by molar-refractivity contribution is 5.71. The predicted octanol–water partition coefficient (Wildman–Crippen LogP) is 2.80. The minimum atomic E-state index is -0.366. The van der Waals surface area contributed by atoms with Crippen LogP contribution in [0, 0.1) is 0 Å². The lowest BCUT2D eigenvalue weighted by Crippen LogP contribution is -2.27. The van der Waals surface area contributed by atoms with Crippen LogP contribution in [-0.4, -0.2) is 29.2 Å². The third-order valence-corrected chi connectivity index (χ3v) is 2.23. The van der Waals surface area contributed by atoms with Crippen molar-refractivity contribution in [3.63, 3.8) is 0 Å². The largest absolute Gasteiger partial charge is 0.444 e. The van der Waals surface area contributed by atoms with Gasteiger partial charge in [0.15, 0.2) is 0 Å². The van der Waals surface area contributed by atoms with E-state index in [2.05, 4.69) is 6.92 Å². The zero-order valence-corrected chi connectivity index (χ0v) is 9.67. The van der Waals surface area contributed by atoms with Gasteiger partial charge in [0.1, 0.15) is 5.60 Å². The highest BCUT2D eigenvalue weighted by atomic mass is 16.6. The van der Waals surface area contributed by atoms with Crippen LogP contribution in [0.5, 0.6) is 0 Å². The molecular weight excluding hydrogens is 178 g/mol. The Morgan fingerprint density at radius 3 is 2.64 bits per heavy atom. The summed E-state index contributed by atoms with van der Waals surface area (Å²) in [6.45, 7) is 8.75. The van der Waals surface area contributed by atoms with E-state index in [1.807, 2.05) is 20.8 Å². The second kappa shape index (κ2) is 4.20. The number of carbonyl (C=O) groups is 1. The van der Waals surface area contributed by atoms with Crippen LogP contribution >= 0.6 is 0 Å². The fourth-order valence-corrected chi connectivity index (χ4v) is 1.41. The van der Waals surface area contributed by atoms with Gasteiger partial charge in [-0.3, -0.25) is 0 Å². The van der Waals surface area contributed by atoms with Crippen LogP contribution in [0.25, 0.3) is 0 Å². The number of unbranched alkanes of at least 4 members (excludes halogenated alkanes) is 1. The zero-order chi connectivity index (χ0) is 10.8. The lowest BCUT2D eigenvalue weighted by molar-refractivity contribution is 0.0405. The molecule has 3 heteroatoms. The molecule has 3 nitrogen and oxygen atoms in total. The van der Waals surface area contributed by atoms with E-state index in [4.69, 9.17) is 4.74 Å². The van der Waals surface area contributed by atoms with Gasteiger partial charge in [0.2, 0.25) is 0 Å². The summed E-state index contributed by atoms with van der Waals surface area (Å²) in [4.78, 5) is 13.3. The summed E-state index contributed by atoms with van der Waals surface area (Å²) in [6, 6.07) is 0.449. The van der Waals surface area contributed by atoms with Gasteiger partial charge in [-0.05, 0) is 27.2 Å². The Morgan fingerprint density at radius 2 is 2.14 bits per heavy atom. The maximum atomic E-state index is 11.5. The van der Waals surface area contributed by atoms with Crippen LogP contribution < -0.4 is 0 Å². The Morgan fingerprint density at radius 1 is 1.50 bits per heavy atom. The summed E-state index contributed by atoms with van der Waals surface area (Å²) < 4.78 is 5.26. The topological polar surface area (TPSA) is 29.3 Å². The summed E-state index contributed by atoms with van der Waals surface area (Å²) in [7, 11) is 0. The standard InChI is InChI=1S/C11H21NO2/c1-5-6-7-9-8-12(9)10(13)14-11(2,3)4/h9H,5-8H2,1-4H3. The lowest BCUT2D eigenvalue weighted by atomic mass is 10.2. The van der Waals surface area contributed by atoms with E-state index >= 15 is 0 Å². The van der Waals surface area contributed by atoms with Gasteiger partial charge in [0.25, 0.3) is 0 Å². The highest BCUT2D eigenvalue weighted by Gasteiger charge is 2.40. The van der Waals surface area contributed by atoms with Crippen molar-refractivity contribution in [2.24, 2.45) is 0 Å². The van der Waals surface area contributed by atoms with Crippen molar-refractivity contribution in [3.8, 4) is 0 Å². The fourth-order valence-electron chi connectivity index (χ4n) is 1.41. The lowest BCUT2D eigenvalue weighted by Gasteiger charge is -2.19. The van der Waals surface area contributed by atoms with Gasteiger partial charge >= 0.3 is 6.09 Å². The summed E-state index contributed by atoms with van der Waals surface area (Å²) in [6.07, 6.45) is 3.36. The molecule has 1 amide bonds. The molecule has 0 aliphatic carbocycles. The summed E-state index contributed by atoms with van der Waals surface area (Å²) in [5.74, 6) is 0. The minimum absolute atomic E-state index is 0.154. The Labute approximate surface area is 86.4 Å². The first-order valence-corrected chi connectivity index (χ1v) is 5.43. The van der Waals surface area contributed by atoms with E-state index < -0.39 is 0 Å². The van der Waals surface area contributed by atoms with Crippen LogP contribution in [0.3, 0.4) is 0 Å². The molecule has 0 saturated carbocycles. The Bertz CT molecular complexity index is 208. The molecule has 1 unspecified atom stereocenters. The van der Waals surface area contributed by atoms with E-state index in [0.29, 0.717) is 6.04 Å². The normalized spacial score (nSPS) is 20.9. The van der Waals surface area contributed by atoms with Crippen LogP contribution in [0.4, 0.5) is 4.79 Å². The van der Waals surface area contributed by atoms with Gasteiger partial charge in [0, 0.05) is 6.54 Å². The number of ether oxygens (including phenoxy) is 1. The van der Waals surface area contributed by atoms with Gasteiger partial charge < -0.3 is 9.64 Å². The molecule has 1 aliphatic rings. The monoisotopic (exact) mass is 199 g/mol. The third-order valence-electron chi connectivity index (χ3n) is 2.23. The minimum Gasteiger partial charge on any atom is -0.444 e. The van der Waals surface area contributed by atoms with E-state index in [1.165, 1.54) is 12.8 Å². The molecule has 82 valence electrons. The molecule has 0 N–H and O–H groups in total. The van der Waals surface area contributed by atoms with Gasteiger partial charge in [0.05, 0.1) is 6.04 Å². The average Bonchev–Trinajstić information content (AvgIpc) is 2.76. The molecule has 0 spiro atoms. The van der Waals surface area contributed by atoms with Crippen molar-refractivity contribution >= 4 is 6.09 Å². The van der Waals surface area contributed by atoms with E-state index in [9.17, 15) is 4.79 Å². The van der Waals surface area contributed by atoms with Gasteiger partial charge in [-0.15, -0.1) is 0 Å². The summed E-state index contributed by atoms with van der Waals surface area (Å²) in [5, 5.41) is 0. The van der Waals surface area contributed by atoms with Crippen molar-refractivity contribution in [3.05, 3.63) is 0 Å². The van der Waals surface area contributed by atoms with Crippen molar-refractivity contribution in [2.75, 3.05) is 6.54 Å². The molecule has 0 aromatic rings. The van der Waals surface area contributed by atoms with Crippen LogP contribution in [-0.2, 0) is 4.74 Å². The molecule has 0 bridgehead atoms. The second-order valence-electron chi connectivity index (χ2n) is 4.93. The molecule has 1 rings (SSSR count). The second-order valence-corrected chi connectivity index (χ2v) is 4.93. The van der Waals surface area contributed by atoms with Crippen molar-refractivity contribution in [1.29, 1.82) is 0 Å². The van der Waals surface area contributed by atoms with Crippen molar-refractivity contribution in [1.82, 2.24) is 4.90 Å².